The van der Waals surface area contributed by atoms with Gasteiger partial charge in [-0.15, -0.1) is 0 Å². The third-order valence-corrected chi connectivity index (χ3v) is 4.84. The van der Waals surface area contributed by atoms with Crippen LogP contribution in [-0.2, 0) is 17.1 Å². The van der Waals surface area contributed by atoms with Gasteiger partial charge in [0.1, 0.15) is 10.6 Å². The summed E-state index contributed by atoms with van der Waals surface area (Å²) in [7, 11) is -2.14. The molecule has 6 nitrogen and oxygen atoms in total. The second kappa shape index (κ2) is 5.80. The number of carbonyl (C=O) groups is 1. The van der Waals surface area contributed by atoms with Crippen LogP contribution in [0.3, 0.4) is 0 Å². The SMILES string of the molecule is Cn1cc(S(=O)(=O)NCC2CC=CCC2)cc1C(=O)O. The zero-order chi connectivity index (χ0) is 14.8. The number of allylic oxidation sites excluding steroid dienone is 2. The first kappa shape index (κ1) is 14.8. The van der Waals surface area contributed by atoms with Gasteiger partial charge in [-0.05, 0) is 31.2 Å². The van der Waals surface area contributed by atoms with Crippen LogP contribution in [0.15, 0.2) is 29.3 Å². The number of carboxylic acids is 1. The van der Waals surface area contributed by atoms with Crippen LogP contribution in [-0.4, -0.2) is 30.6 Å². The van der Waals surface area contributed by atoms with Crippen LogP contribution < -0.4 is 4.72 Å². The fraction of sp³-hybridized carbons (Fsp3) is 0.462. The number of aryl methyl sites for hydroxylation is 1. The monoisotopic (exact) mass is 298 g/mol. The minimum atomic E-state index is -3.65. The van der Waals surface area contributed by atoms with Crippen molar-refractivity contribution in [3.8, 4) is 0 Å². The zero-order valence-corrected chi connectivity index (χ0v) is 12.1. The zero-order valence-electron chi connectivity index (χ0n) is 11.2. The molecule has 0 saturated heterocycles. The second-order valence-corrected chi connectivity index (χ2v) is 6.75. The first-order valence-corrected chi connectivity index (χ1v) is 7.93. The van der Waals surface area contributed by atoms with E-state index in [0.717, 1.165) is 19.3 Å². The van der Waals surface area contributed by atoms with Gasteiger partial charge in [-0.2, -0.15) is 0 Å². The minimum absolute atomic E-state index is 0.0104. The second-order valence-electron chi connectivity index (χ2n) is 4.98. The normalized spacial score (nSPS) is 19.1. The Hall–Kier alpha value is -1.60. The van der Waals surface area contributed by atoms with Gasteiger partial charge in [-0.3, -0.25) is 0 Å². The maximum atomic E-state index is 12.1. The Balaban J connectivity index is 2.08. The van der Waals surface area contributed by atoms with Gasteiger partial charge in [0.25, 0.3) is 0 Å². The highest BCUT2D eigenvalue weighted by Crippen LogP contribution is 2.19. The van der Waals surface area contributed by atoms with Crippen molar-refractivity contribution >= 4 is 16.0 Å². The Morgan fingerprint density at radius 3 is 2.80 bits per heavy atom. The lowest BCUT2D eigenvalue weighted by atomic mass is 9.95. The lowest BCUT2D eigenvalue weighted by Crippen LogP contribution is -2.29. The highest BCUT2D eigenvalue weighted by molar-refractivity contribution is 7.89. The average Bonchev–Trinajstić information content (AvgIpc) is 2.81. The lowest BCUT2D eigenvalue weighted by molar-refractivity contribution is 0.0686. The average molecular weight is 298 g/mol. The van der Waals surface area contributed by atoms with E-state index in [2.05, 4.69) is 16.9 Å². The largest absolute Gasteiger partial charge is 0.477 e. The molecule has 1 unspecified atom stereocenters. The molecule has 2 rings (SSSR count). The Labute approximate surface area is 118 Å². The van der Waals surface area contributed by atoms with Gasteiger partial charge < -0.3 is 9.67 Å². The predicted molar refractivity (Wildman–Crippen MR) is 74.0 cm³/mol. The number of aromatic nitrogens is 1. The summed E-state index contributed by atoms with van der Waals surface area (Å²) in [4.78, 5) is 10.9. The Bertz CT molecular complexity index is 631. The summed E-state index contributed by atoms with van der Waals surface area (Å²) in [5, 5.41) is 8.93. The first-order chi connectivity index (χ1) is 9.40. The molecule has 1 heterocycles. The van der Waals surface area contributed by atoms with Crippen LogP contribution in [0.4, 0.5) is 0 Å². The van der Waals surface area contributed by atoms with Crippen molar-refractivity contribution in [1.29, 1.82) is 0 Å². The Kier molecular flexibility index (Phi) is 4.29. The summed E-state index contributed by atoms with van der Waals surface area (Å²) in [5.41, 5.74) is -0.0500. The van der Waals surface area contributed by atoms with E-state index in [1.54, 1.807) is 0 Å². The fourth-order valence-corrected chi connectivity index (χ4v) is 3.43. The van der Waals surface area contributed by atoms with E-state index in [9.17, 15) is 13.2 Å². The summed E-state index contributed by atoms with van der Waals surface area (Å²) in [6.07, 6.45) is 8.29. The van der Waals surface area contributed by atoms with E-state index in [1.165, 1.54) is 23.9 Å². The summed E-state index contributed by atoms with van der Waals surface area (Å²) in [6.45, 7) is 0.379. The van der Waals surface area contributed by atoms with Gasteiger partial charge in [0, 0.05) is 19.8 Å². The number of aromatic carboxylic acids is 1. The molecule has 2 N–H and O–H groups in total. The third-order valence-electron chi connectivity index (χ3n) is 3.45. The predicted octanol–water partition coefficient (Wildman–Crippen LogP) is 1.36. The number of carboxylic acid groups (broad SMARTS) is 1. The maximum absolute atomic E-state index is 12.1. The van der Waals surface area contributed by atoms with Crippen LogP contribution >= 0.6 is 0 Å². The topological polar surface area (TPSA) is 88.4 Å². The molecule has 0 aliphatic heterocycles. The van der Waals surface area contributed by atoms with Gasteiger partial charge in [-0.25, -0.2) is 17.9 Å². The number of nitrogens with one attached hydrogen (secondary N) is 1. The molecule has 0 fully saturated rings. The van der Waals surface area contributed by atoms with Crippen LogP contribution in [0.25, 0.3) is 0 Å². The van der Waals surface area contributed by atoms with Crippen molar-refractivity contribution in [2.24, 2.45) is 13.0 Å². The van der Waals surface area contributed by atoms with E-state index >= 15 is 0 Å². The number of sulfonamides is 1. The highest BCUT2D eigenvalue weighted by Gasteiger charge is 2.21. The molecule has 0 spiro atoms. The molecule has 110 valence electrons. The molecule has 0 aromatic carbocycles. The molecule has 0 radical (unpaired) electrons. The fourth-order valence-electron chi connectivity index (χ4n) is 2.25. The number of hydrogen-bond acceptors (Lipinski definition) is 3. The molecule has 1 aromatic rings. The summed E-state index contributed by atoms with van der Waals surface area (Å²) >= 11 is 0. The van der Waals surface area contributed by atoms with Gasteiger partial charge in [0.2, 0.25) is 10.0 Å². The molecule has 0 bridgehead atoms. The van der Waals surface area contributed by atoms with Crippen molar-refractivity contribution in [1.82, 2.24) is 9.29 Å². The summed E-state index contributed by atoms with van der Waals surface area (Å²) in [6, 6.07) is 1.17. The molecule has 0 saturated carbocycles. The molecule has 1 atom stereocenters. The Morgan fingerprint density at radius 2 is 2.25 bits per heavy atom. The number of hydrogen-bond donors (Lipinski definition) is 2. The van der Waals surface area contributed by atoms with Crippen molar-refractivity contribution in [3.63, 3.8) is 0 Å². The van der Waals surface area contributed by atoms with Crippen LogP contribution in [0.2, 0.25) is 0 Å². The van der Waals surface area contributed by atoms with Gasteiger partial charge in [0.05, 0.1) is 0 Å². The molecular formula is C13H18N2O4S. The highest BCUT2D eigenvalue weighted by atomic mass is 32.2. The number of rotatable bonds is 5. The van der Waals surface area contributed by atoms with Crippen molar-refractivity contribution in [3.05, 3.63) is 30.1 Å². The van der Waals surface area contributed by atoms with Crippen molar-refractivity contribution in [2.45, 2.75) is 24.2 Å². The Morgan fingerprint density at radius 1 is 1.50 bits per heavy atom. The van der Waals surface area contributed by atoms with E-state index in [-0.39, 0.29) is 10.6 Å². The van der Waals surface area contributed by atoms with E-state index in [4.69, 9.17) is 5.11 Å². The lowest BCUT2D eigenvalue weighted by Gasteiger charge is -2.17. The maximum Gasteiger partial charge on any atom is 0.352 e. The molecule has 0 amide bonds. The first-order valence-electron chi connectivity index (χ1n) is 6.44. The van der Waals surface area contributed by atoms with E-state index < -0.39 is 16.0 Å². The molecule has 7 heteroatoms. The van der Waals surface area contributed by atoms with Gasteiger partial charge in [0.15, 0.2) is 0 Å². The van der Waals surface area contributed by atoms with Crippen molar-refractivity contribution < 1.29 is 18.3 Å². The van der Waals surface area contributed by atoms with Gasteiger partial charge in [-0.1, -0.05) is 12.2 Å². The number of nitrogens with zero attached hydrogens (tertiary/aromatic N) is 1. The van der Waals surface area contributed by atoms with E-state index in [0.29, 0.717) is 12.5 Å². The van der Waals surface area contributed by atoms with Gasteiger partial charge >= 0.3 is 5.97 Å². The van der Waals surface area contributed by atoms with E-state index in [1.807, 2.05) is 0 Å². The standard InChI is InChI=1S/C13H18N2O4S/c1-15-9-11(7-12(15)13(16)17)20(18,19)14-8-10-5-3-2-4-6-10/h2-3,7,9-10,14H,4-6,8H2,1H3,(H,16,17). The molecule has 1 aliphatic rings. The quantitative estimate of drug-likeness (QED) is 0.803. The van der Waals surface area contributed by atoms with Crippen LogP contribution in [0.1, 0.15) is 29.8 Å². The smallest absolute Gasteiger partial charge is 0.352 e. The molecule has 1 aliphatic carbocycles. The van der Waals surface area contributed by atoms with Crippen LogP contribution in [0.5, 0.6) is 0 Å². The molecule has 1 aromatic heterocycles. The summed E-state index contributed by atoms with van der Waals surface area (Å²) < 4.78 is 28.1. The minimum Gasteiger partial charge on any atom is -0.477 e. The molecular weight excluding hydrogens is 280 g/mol. The molecule has 20 heavy (non-hydrogen) atoms. The van der Waals surface area contributed by atoms with Crippen LogP contribution in [0, 0.1) is 5.92 Å². The summed E-state index contributed by atoms with van der Waals surface area (Å²) in [5.74, 6) is -0.844. The van der Waals surface area contributed by atoms with Crippen molar-refractivity contribution in [2.75, 3.05) is 6.54 Å². The third kappa shape index (κ3) is 3.29.